The van der Waals surface area contributed by atoms with E-state index >= 15 is 0 Å². The number of nitrogens with zero attached hydrogens (tertiary/aromatic N) is 3. The molecule has 0 fully saturated rings. The van der Waals surface area contributed by atoms with Crippen LogP contribution in [-0.2, 0) is 0 Å². The van der Waals surface area contributed by atoms with Crippen molar-refractivity contribution in [3.8, 4) is 0 Å². The van der Waals surface area contributed by atoms with Gasteiger partial charge in [-0.1, -0.05) is 6.07 Å². The lowest BCUT2D eigenvalue weighted by molar-refractivity contribution is 1.08. The van der Waals surface area contributed by atoms with E-state index in [-0.39, 0.29) is 0 Å². The summed E-state index contributed by atoms with van der Waals surface area (Å²) in [4.78, 5) is 10.6. The monoisotopic (exact) mass is 271 g/mol. The number of anilines is 4. The fourth-order valence-corrected chi connectivity index (χ4v) is 1.92. The molecule has 0 unspecified atom stereocenters. The van der Waals surface area contributed by atoms with E-state index in [1.54, 1.807) is 6.33 Å². The molecule has 20 heavy (non-hydrogen) atoms. The number of aromatic nitrogens is 2. The molecule has 0 atom stereocenters. The highest BCUT2D eigenvalue weighted by atomic mass is 15.1. The third kappa shape index (κ3) is 3.17. The highest BCUT2D eigenvalue weighted by Gasteiger charge is 2.07. The molecule has 1 aromatic carbocycles. The van der Waals surface area contributed by atoms with Crippen molar-refractivity contribution in [3.63, 3.8) is 0 Å². The van der Waals surface area contributed by atoms with Crippen molar-refractivity contribution in [1.82, 2.24) is 9.97 Å². The van der Waals surface area contributed by atoms with E-state index in [0.717, 1.165) is 35.1 Å². The third-order valence-corrected chi connectivity index (χ3v) is 3.05. The maximum Gasteiger partial charge on any atom is 0.138 e. The van der Waals surface area contributed by atoms with Gasteiger partial charge in [0.1, 0.15) is 18.0 Å². The molecule has 0 saturated heterocycles. The lowest BCUT2D eigenvalue weighted by Crippen LogP contribution is -2.09. The minimum Gasteiger partial charge on any atom is -0.378 e. The Morgan fingerprint density at radius 3 is 2.60 bits per heavy atom. The van der Waals surface area contributed by atoms with Gasteiger partial charge >= 0.3 is 0 Å². The molecule has 2 rings (SSSR count). The summed E-state index contributed by atoms with van der Waals surface area (Å²) in [5, 5.41) is 6.58. The quantitative estimate of drug-likeness (QED) is 0.875. The van der Waals surface area contributed by atoms with Crippen molar-refractivity contribution in [1.29, 1.82) is 0 Å². The topological polar surface area (TPSA) is 53.1 Å². The van der Waals surface area contributed by atoms with Crippen molar-refractivity contribution >= 4 is 23.0 Å². The number of benzene rings is 1. The predicted molar refractivity (Wildman–Crippen MR) is 85.0 cm³/mol. The molecule has 0 saturated carbocycles. The predicted octanol–water partition coefficient (Wildman–Crippen LogP) is 3.03. The highest BCUT2D eigenvalue weighted by Crippen LogP contribution is 2.24. The van der Waals surface area contributed by atoms with Crippen LogP contribution in [0.4, 0.5) is 23.0 Å². The summed E-state index contributed by atoms with van der Waals surface area (Å²) in [6.45, 7) is 4.90. The molecule has 5 heteroatoms. The van der Waals surface area contributed by atoms with Gasteiger partial charge in [-0.2, -0.15) is 0 Å². The molecule has 2 aromatic rings. The lowest BCUT2D eigenvalue weighted by atomic mass is 10.2. The van der Waals surface area contributed by atoms with Gasteiger partial charge in [0.25, 0.3) is 0 Å². The van der Waals surface area contributed by atoms with Gasteiger partial charge in [-0.15, -0.1) is 0 Å². The van der Waals surface area contributed by atoms with Crippen LogP contribution in [-0.4, -0.2) is 30.6 Å². The van der Waals surface area contributed by atoms with Crippen molar-refractivity contribution in [2.45, 2.75) is 13.8 Å². The molecule has 106 valence electrons. The first-order valence-corrected chi connectivity index (χ1v) is 6.71. The van der Waals surface area contributed by atoms with E-state index in [0.29, 0.717) is 0 Å². The lowest BCUT2D eigenvalue weighted by Gasteiger charge is -2.15. The van der Waals surface area contributed by atoms with Gasteiger partial charge in [-0.05, 0) is 32.0 Å². The molecule has 1 heterocycles. The van der Waals surface area contributed by atoms with Crippen molar-refractivity contribution < 1.29 is 0 Å². The largest absolute Gasteiger partial charge is 0.378 e. The normalized spacial score (nSPS) is 10.2. The Hall–Kier alpha value is -2.30. The summed E-state index contributed by atoms with van der Waals surface area (Å²) in [7, 11) is 4.05. The molecular formula is C15H21N5. The van der Waals surface area contributed by atoms with Crippen molar-refractivity contribution in [2.24, 2.45) is 0 Å². The molecule has 5 nitrogen and oxygen atoms in total. The SMILES string of the molecule is CCNc1ncnc(Nc2cccc(N(C)C)c2)c1C. The Balaban J connectivity index is 2.26. The van der Waals surface area contributed by atoms with Gasteiger partial charge in [0.05, 0.1) is 0 Å². The van der Waals surface area contributed by atoms with Gasteiger partial charge in [0.15, 0.2) is 0 Å². The van der Waals surface area contributed by atoms with Gasteiger partial charge < -0.3 is 15.5 Å². The Bertz CT molecular complexity index is 580. The van der Waals surface area contributed by atoms with Crippen LogP contribution in [0.5, 0.6) is 0 Å². The minimum atomic E-state index is 0.826. The van der Waals surface area contributed by atoms with Crippen LogP contribution in [0.15, 0.2) is 30.6 Å². The average Bonchev–Trinajstić information content (AvgIpc) is 2.44. The van der Waals surface area contributed by atoms with Gasteiger partial charge in [0.2, 0.25) is 0 Å². The first-order chi connectivity index (χ1) is 9.61. The van der Waals surface area contributed by atoms with E-state index in [9.17, 15) is 0 Å². The second kappa shape index (κ2) is 6.23. The van der Waals surface area contributed by atoms with E-state index in [1.807, 2.05) is 33.2 Å². The van der Waals surface area contributed by atoms with E-state index < -0.39 is 0 Å². The van der Waals surface area contributed by atoms with E-state index in [1.165, 1.54) is 0 Å². The van der Waals surface area contributed by atoms with Crippen molar-refractivity contribution in [2.75, 3.05) is 36.2 Å². The van der Waals surface area contributed by atoms with Crippen LogP contribution in [0.1, 0.15) is 12.5 Å². The minimum absolute atomic E-state index is 0.826. The van der Waals surface area contributed by atoms with Crippen LogP contribution in [0.2, 0.25) is 0 Å². The third-order valence-electron chi connectivity index (χ3n) is 3.05. The second-order valence-electron chi connectivity index (χ2n) is 4.80. The zero-order valence-electron chi connectivity index (χ0n) is 12.4. The van der Waals surface area contributed by atoms with Crippen LogP contribution in [0, 0.1) is 6.92 Å². The Morgan fingerprint density at radius 1 is 1.15 bits per heavy atom. The smallest absolute Gasteiger partial charge is 0.138 e. The maximum atomic E-state index is 4.32. The first kappa shape index (κ1) is 14.1. The molecule has 0 spiro atoms. The number of rotatable bonds is 5. The molecule has 0 bridgehead atoms. The average molecular weight is 271 g/mol. The first-order valence-electron chi connectivity index (χ1n) is 6.71. The molecule has 2 N–H and O–H groups in total. The Kier molecular flexibility index (Phi) is 4.40. The zero-order chi connectivity index (χ0) is 14.5. The number of nitrogens with one attached hydrogen (secondary N) is 2. The summed E-state index contributed by atoms with van der Waals surface area (Å²) < 4.78 is 0. The van der Waals surface area contributed by atoms with Crippen molar-refractivity contribution in [3.05, 3.63) is 36.2 Å². The molecule has 0 aliphatic carbocycles. The van der Waals surface area contributed by atoms with Gasteiger partial charge in [-0.3, -0.25) is 0 Å². The van der Waals surface area contributed by atoms with Crippen LogP contribution in [0.25, 0.3) is 0 Å². The van der Waals surface area contributed by atoms with Crippen LogP contribution >= 0.6 is 0 Å². The standard InChI is InChI=1S/C15H21N5/c1-5-16-14-11(2)15(18-10-17-14)19-12-7-6-8-13(9-12)20(3)4/h6-10H,5H2,1-4H3,(H2,16,17,18,19). The summed E-state index contributed by atoms with van der Waals surface area (Å²) >= 11 is 0. The molecule has 0 aliphatic heterocycles. The zero-order valence-corrected chi connectivity index (χ0v) is 12.4. The summed E-state index contributed by atoms with van der Waals surface area (Å²) in [6.07, 6.45) is 1.57. The Labute approximate surface area is 120 Å². The molecule has 0 aliphatic rings. The summed E-state index contributed by atoms with van der Waals surface area (Å²) in [5.41, 5.74) is 3.18. The Morgan fingerprint density at radius 2 is 1.90 bits per heavy atom. The number of hydrogen-bond acceptors (Lipinski definition) is 5. The van der Waals surface area contributed by atoms with Crippen LogP contribution < -0.4 is 15.5 Å². The van der Waals surface area contributed by atoms with Gasteiger partial charge in [0, 0.05) is 37.6 Å². The molecular weight excluding hydrogens is 250 g/mol. The second-order valence-corrected chi connectivity index (χ2v) is 4.80. The van der Waals surface area contributed by atoms with E-state index in [4.69, 9.17) is 0 Å². The van der Waals surface area contributed by atoms with Crippen LogP contribution in [0.3, 0.4) is 0 Å². The summed E-state index contributed by atoms with van der Waals surface area (Å²) in [5.74, 6) is 1.70. The molecule has 0 amide bonds. The van der Waals surface area contributed by atoms with E-state index in [2.05, 4.69) is 44.6 Å². The maximum absolute atomic E-state index is 4.32. The van der Waals surface area contributed by atoms with Gasteiger partial charge in [-0.25, -0.2) is 9.97 Å². The fraction of sp³-hybridized carbons (Fsp3) is 0.333. The molecule has 1 aromatic heterocycles. The highest BCUT2D eigenvalue weighted by molar-refractivity contribution is 5.67. The molecule has 0 radical (unpaired) electrons. The summed E-state index contributed by atoms with van der Waals surface area (Å²) in [6, 6.07) is 8.22. The fourth-order valence-electron chi connectivity index (χ4n) is 1.92. The number of hydrogen-bond donors (Lipinski definition) is 2.